The molecule has 0 aliphatic heterocycles. The lowest BCUT2D eigenvalue weighted by molar-refractivity contribution is -0.118. The quantitative estimate of drug-likeness (QED) is 0.708. The minimum Gasteiger partial charge on any atom is -0.506 e. The van der Waals surface area contributed by atoms with E-state index in [9.17, 15) is 9.90 Å². The Balaban J connectivity index is 2.86. The molecule has 1 aromatic carbocycles. The minimum absolute atomic E-state index is 0.0880. The van der Waals surface area contributed by atoms with Crippen LogP contribution in [0.1, 0.15) is 19.4 Å². The molecule has 0 heterocycles. The van der Waals surface area contributed by atoms with Gasteiger partial charge in [0.2, 0.25) is 5.91 Å². The van der Waals surface area contributed by atoms with Gasteiger partial charge in [0, 0.05) is 5.92 Å². The Hall–Kier alpha value is -1.51. The zero-order valence-electron chi connectivity index (χ0n) is 8.66. The average Bonchev–Trinajstić information content (AvgIpc) is 2.11. The summed E-state index contributed by atoms with van der Waals surface area (Å²) in [4.78, 5) is 11.4. The van der Waals surface area contributed by atoms with Crippen LogP contribution >= 0.6 is 0 Å². The summed E-state index contributed by atoms with van der Waals surface area (Å²) < 4.78 is 0. The van der Waals surface area contributed by atoms with Crippen LogP contribution < -0.4 is 5.32 Å². The maximum atomic E-state index is 11.4. The highest BCUT2D eigenvalue weighted by Gasteiger charge is 2.09. The van der Waals surface area contributed by atoms with E-state index in [2.05, 4.69) is 5.32 Å². The fraction of sp³-hybridized carbons (Fsp3) is 0.364. The summed E-state index contributed by atoms with van der Waals surface area (Å²) in [6.45, 7) is 5.52. The predicted molar refractivity (Wildman–Crippen MR) is 56.3 cm³/mol. The van der Waals surface area contributed by atoms with Gasteiger partial charge in [-0.3, -0.25) is 4.79 Å². The van der Waals surface area contributed by atoms with Crippen molar-refractivity contribution in [3.05, 3.63) is 23.8 Å². The van der Waals surface area contributed by atoms with Crippen molar-refractivity contribution in [3.8, 4) is 5.75 Å². The summed E-state index contributed by atoms with van der Waals surface area (Å²) in [5, 5.41) is 12.1. The Bertz CT molecular complexity index is 345. The lowest BCUT2D eigenvalue weighted by atomic mass is 10.1. The first-order valence-electron chi connectivity index (χ1n) is 4.61. The second-order valence-corrected chi connectivity index (χ2v) is 3.66. The summed E-state index contributed by atoms with van der Waals surface area (Å²) in [7, 11) is 0. The van der Waals surface area contributed by atoms with E-state index in [0.717, 1.165) is 5.56 Å². The molecule has 0 aliphatic rings. The van der Waals surface area contributed by atoms with Crippen LogP contribution in [0, 0.1) is 12.8 Å². The Morgan fingerprint density at radius 2 is 2.07 bits per heavy atom. The van der Waals surface area contributed by atoms with Gasteiger partial charge >= 0.3 is 0 Å². The van der Waals surface area contributed by atoms with Gasteiger partial charge in [0.25, 0.3) is 0 Å². The molecule has 1 rings (SSSR count). The summed E-state index contributed by atoms with van der Waals surface area (Å²) in [6, 6.07) is 5.11. The first-order chi connectivity index (χ1) is 6.50. The van der Waals surface area contributed by atoms with Crippen LogP contribution in [0.3, 0.4) is 0 Å². The number of aromatic hydroxyl groups is 1. The van der Waals surface area contributed by atoms with E-state index >= 15 is 0 Å². The predicted octanol–water partition coefficient (Wildman–Crippen LogP) is 2.30. The molecule has 3 nitrogen and oxygen atoms in total. The smallest absolute Gasteiger partial charge is 0.227 e. The number of phenolic OH excluding ortho intramolecular Hbond substituents is 1. The molecular formula is C11H15NO2. The van der Waals surface area contributed by atoms with Crippen molar-refractivity contribution in [2.45, 2.75) is 20.8 Å². The van der Waals surface area contributed by atoms with E-state index in [0.29, 0.717) is 5.69 Å². The molecule has 0 unspecified atom stereocenters. The number of aryl methyl sites for hydroxylation is 1. The molecule has 76 valence electrons. The Morgan fingerprint density at radius 3 is 2.64 bits per heavy atom. The third-order valence-corrected chi connectivity index (χ3v) is 1.93. The third kappa shape index (κ3) is 2.49. The molecule has 0 atom stereocenters. The fourth-order valence-electron chi connectivity index (χ4n) is 1.03. The molecule has 2 N–H and O–H groups in total. The maximum Gasteiger partial charge on any atom is 0.227 e. The van der Waals surface area contributed by atoms with Crippen LogP contribution in [0.4, 0.5) is 5.69 Å². The fourth-order valence-corrected chi connectivity index (χ4v) is 1.03. The number of amides is 1. The molecule has 0 bridgehead atoms. The topological polar surface area (TPSA) is 49.3 Å². The number of phenols is 1. The molecule has 14 heavy (non-hydrogen) atoms. The maximum absolute atomic E-state index is 11.4. The van der Waals surface area contributed by atoms with Crippen LogP contribution in [0.15, 0.2) is 18.2 Å². The van der Waals surface area contributed by atoms with Crippen molar-refractivity contribution in [2.24, 2.45) is 5.92 Å². The molecular weight excluding hydrogens is 178 g/mol. The van der Waals surface area contributed by atoms with Crippen molar-refractivity contribution < 1.29 is 9.90 Å². The van der Waals surface area contributed by atoms with Gasteiger partial charge in [-0.2, -0.15) is 0 Å². The number of nitrogens with one attached hydrogen (secondary N) is 1. The molecule has 1 amide bonds. The highest BCUT2D eigenvalue weighted by Crippen LogP contribution is 2.24. The van der Waals surface area contributed by atoms with E-state index in [-0.39, 0.29) is 17.6 Å². The first-order valence-corrected chi connectivity index (χ1v) is 4.61. The number of anilines is 1. The Morgan fingerprint density at radius 1 is 1.43 bits per heavy atom. The summed E-state index contributed by atoms with van der Waals surface area (Å²) in [5.74, 6) is -0.0783. The average molecular weight is 193 g/mol. The van der Waals surface area contributed by atoms with Gasteiger partial charge in [0.05, 0.1) is 5.69 Å². The van der Waals surface area contributed by atoms with Crippen LogP contribution in [-0.4, -0.2) is 11.0 Å². The van der Waals surface area contributed by atoms with Gasteiger partial charge in [0.1, 0.15) is 5.75 Å². The lowest BCUT2D eigenvalue weighted by Gasteiger charge is -2.09. The highest BCUT2D eigenvalue weighted by molar-refractivity contribution is 5.93. The summed E-state index contributed by atoms with van der Waals surface area (Å²) >= 11 is 0. The molecule has 0 spiro atoms. The molecule has 0 saturated carbocycles. The normalized spacial score (nSPS) is 10.3. The second kappa shape index (κ2) is 4.13. The van der Waals surface area contributed by atoms with E-state index < -0.39 is 0 Å². The van der Waals surface area contributed by atoms with Crippen molar-refractivity contribution in [3.63, 3.8) is 0 Å². The van der Waals surface area contributed by atoms with Crippen molar-refractivity contribution in [1.29, 1.82) is 0 Å². The zero-order valence-corrected chi connectivity index (χ0v) is 8.66. The lowest BCUT2D eigenvalue weighted by Crippen LogP contribution is -2.17. The molecule has 3 heteroatoms. The van der Waals surface area contributed by atoms with Gasteiger partial charge in [0.15, 0.2) is 0 Å². The molecule has 0 saturated heterocycles. The van der Waals surface area contributed by atoms with E-state index in [4.69, 9.17) is 0 Å². The first kappa shape index (κ1) is 10.6. The highest BCUT2D eigenvalue weighted by atomic mass is 16.3. The number of benzene rings is 1. The number of rotatable bonds is 2. The standard InChI is InChI=1S/C11H15NO2/c1-7(2)11(14)12-9-6-8(3)4-5-10(9)13/h4-7,13H,1-3H3,(H,12,14). The van der Waals surface area contributed by atoms with Crippen LogP contribution in [0.2, 0.25) is 0 Å². The van der Waals surface area contributed by atoms with Crippen LogP contribution in [0.25, 0.3) is 0 Å². The number of carbonyl (C=O) groups excluding carboxylic acids is 1. The van der Waals surface area contributed by atoms with Crippen molar-refractivity contribution in [2.75, 3.05) is 5.32 Å². The van der Waals surface area contributed by atoms with Crippen LogP contribution in [0.5, 0.6) is 5.75 Å². The van der Waals surface area contributed by atoms with E-state index in [1.54, 1.807) is 18.2 Å². The van der Waals surface area contributed by atoms with E-state index in [1.165, 1.54) is 0 Å². The third-order valence-electron chi connectivity index (χ3n) is 1.93. The number of carbonyl (C=O) groups is 1. The minimum atomic E-state index is -0.0918. The second-order valence-electron chi connectivity index (χ2n) is 3.66. The number of hydrogen-bond acceptors (Lipinski definition) is 2. The molecule has 0 aliphatic carbocycles. The van der Waals surface area contributed by atoms with Gasteiger partial charge in [-0.05, 0) is 24.6 Å². The summed E-state index contributed by atoms with van der Waals surface area (Å²) in [5.41, 5.74) is 1.48. The van der Waals surface area contributed by atoms with Crippen LogP contribution in [-0.2, 0) is 4.79 Å². The SMILES string of the molecule is Cc1ccc(O)c(NC(=O)C(C)C)c1. The Kier molecular flexibility index (Phi) is 3.12. The largest absolute Gasteiger partial charge is 0.506 e. The molecule has 0 radical (unpaired) electrons. The van der Waals surface area contributed by atoms with Gasteiger partial charge in [-0.25, -0.2) is 0 Å². The van der Waals surface area contributed by atoms with E-state index in [1.807, 2.05) is 20.8 Å². The van der Waals surface area contributed by atoms with Gasteiger partial charge < -0.3 is 10.4 Å². The molecule has 1 aromatic rings. The monoisotopic (exact) mass is 193 g/mol. The summed E-state index contributed by atoms with van der Waals surface area (Å²) in [6.07, 6.45) is 0. The molecule has 0 fully saturated rings. The Labute approximate surface area is 83.8 Å². The van der Waals surface area contributed by atoms with Crippen molar-refractivity contribution >= 4 is 11.6 Å². The zero-order chi connectivity index (χ0) is 10.7. The van der Waals surface area contributed by atoms with Gasteiger partial charge in [-0.15, -0.1) is 0 Å². The number of hydrogen-bond donors (Lipinski definition) is 2. The molecule has 0 aromatic heterocycles. The van der Waals surface area contributed by atoms with Crippen molar-refractivity contribution in [1.82, 2.24) is 0 Å². The van der Waals surface area contributed by atoms with Gasteiger partial charge in [-0.1, -0.05) is 19.9 Å².